The number of fused-ring (bicyclic) bond motifs is 1. The molecular formula is C24H21N5O2S. The van der Waals surface area contributed by atoms with Gasteiger partial charge in [0.15, 0.2) is 5.13 Å². The van der Waals surface area contributed by atoms with E-state index in [0.29, 0.717) is 17.2 Å². The van der Waals surface area contributed by atoms with Crippen LogP contribution in [0.25, 0.3) is 11.1 Å². The van der Waals surface area contributed by atoms with Crippen molar-refractivity contribution >= 4 is 28.3 Å². The molecule has 3 heterocycles. The first-order chi connectivity index (χ1) is 15.6. The molecule has 0 aliphatic carbocycles. The van der Waals surface area contributed by atoms with Crippen molar-refractivity contribution in [2.45, 2.75) is 26.1 Å². The Morgan fingerprint density at radius 1 is 1.19 bits per heavy atom. The molecule has 1 N–H and O–H groups in total. The highest BCUT2D eigenvalue weighted by Gasteiger charge is 2.37. The molecule has 1 aliphatic rings. The van der Waals surface area contributed by atoms with E-state index in [-0.39, 0.29) is 11.8 Å². The smallest absolute Gasteiger partial charge is 0.255 e. The molecule has 1 atom stereocenters. The van der Waals surface area contributed by atoms with Crippen LogP contribution in [0.5, 0.6) is 0 Å². The number of aromatic nitrogens is 3. The number of nitrogens with zero attached hydrogens (tertiary/aromatic N) is 4. The van der Waals surface area contributed by atoms with Crippen LogP contribution in [0.15, 0.2) is 72.5 Å². The molecule has 0 radical (unpaired) electrons. The van der Waals surface area contributed by atoms with E-state index in [0.717, 1.165) is 28.8 Å². The zero-order valence-electron chi connectivity index (χ0n) is 17.4. The maximum absolute atomic E-state index is 13.5. The van der Waals surface area contributed by atoms with Crippen LogP contribution in [0, 0.1) is 0 Å². The van der Waals surface area contributed by atoms with Crippen LogP contribution in [0.4, 0.5) is 5.13 Å². The molecule has 1 unspecified atom stereocenters. The molecule has 160 valence electrons. The van der Waals surface area contributed by atoms with E-state index in [9.17, 15) is 9.59 Å². The lowest BCUT2D eigenvalue weighted by molar-refractivity contribution is -0.120. The quantitative estimate of drug-likeness (QED) is 0.480. The summed E-state index contributed by atoms with van der Waals surface area (Å²) in [5, 5.41) is 9.49. The average molecular weight is 444 g/mol. The second kappa shape index (κ2) is 8.39. The number of nitrogens with one attached hydrogen (secondary N) is 1. The topological polar surface area (TPSA) is 80.1 Å². The Balaban J connectivity index is 1.48. The fourth-order valence-corrected chi connectivity index (χ4v) is 4.50. The maximum atomic E-state index is 13.5. The van der Waals surface area contributed by atoms with Gasteiger partial charge in [-0.2, -0.15) is 5.10 Å². The van der Waals surface area contributed by atoms with Crippen molar-refractivity contribution in [2.24, 2.45) is 0 Å². The van der Waals surface area contributed by atoms with Crippen molar-refractivity contribution in [2.75, 3.05) is 5.32 Å². The largest absolute Gasteiger partial charge is 0.318 e. The molecule has 0 spiro atoms. The van der Waals surface area contributed by atoms with Gasteiger partial charge < -0.3 is 4.90 Å². The van der Waals surface area contributed by atoms with Crippen LogP contribution in [-0.2, 0) is 17.9 Å². The van der Waals surface area contributed by atoms with Gasteiger partial charge in [-0.3, -0.25) is 19.6 Å². The average Bonchev–Trinajstić information content (AvgIpc) is 3.56. The van der Waals surface area contributed by atoms with Gasteiger partial charge in [0.1, 0.15) is 6.04 Å². The molecule has 0 fully saturated rings. The van der Waals surface area contributed by atoms with Crippen LogP contribution >= 0.6 is 11.3 Å². The standard InChI is InChI=1S/C24H21N5O2S/c1-2-28-14-19(13-26-28)17-8-9-18-15-29(23(31)20(18)12-17)21(16-6-4-3-5-7-16)22(30)27-24-25-10-11-32-24/h3-14,21H,2,15H2,1H3,(H,25,27,30). The Hall–Kier alpha value is -3.78. The van der Waals surface area contributed by atoms with E-state index in [1.54, 1.807) is 22.7 Å². The minimum absolute atomic E-state index is 0.159. The minimum Gasteiger partial charge on any atom is -0.318 e. The highest BCUT2D eigenvalue weighted by molar-refractivity contribution is 7.13. The van der Waals surface area contributed by atoms with Gasteiger partial charge in [0.05, 0.1) is 6.20 Å². The van der Waals surface area contributed by atoms with Gasteiger partial charge in [-0.1, -0.05) is 42.5 Å². The molecule has 4 aromatic rings. The van der Waals surface area contributed by atoms with E-state index in [4.69, 9.17) is 0 Å². The second-order valence-electron chi connectivity index (χ2n) is 7.53. The third kappa shape index (κ3) is 3.69. The van der Waals surface area contributed by atoms with Crippen molar-refractivity contribution in [3.8, 4) is 11.1 Å². The van der Waals surface area contributed by atoms with Crippen molar-refractivity contribution in [1.82, 2.24) is 19.7 Å². The Bertz CT molecular complexity index is 1270. The molecule has 0 bridgehead atoms. The van der Waals surface area contributed by atoms with E-state index in [2.05, 4.69) is 15.4 Å². The zero-order chi connectivity index (χ0) is 22.1. The van der Waals surface area contributed by atoms with Crippen LogP contribution in [-0.4, -0.2) is 31.5 Å². The van der Waals surface area contributed by atoms with Crippen LogP contribution in [0.3, 0.4) is 0 Å². The Morgan fingerprint density at radius 2 is 2.03 bits per heavy atom. The third-order valence-corrected chi connectivity index (χ3v) is 6.26. The summed E-state index contributed by atoms with van der Waals surface area (Å²) < 4.78 is 1.85. The molecule has 8 heteroatoms. The molecule has 32 heavy (non-hydrogen) atoms. The first-order valence-corrected chi connectivity index (χ1v) is 11.2. The summed E-state index contributed by atoms with van der Waals surface area (Å²) in [4.78, 5) is 32.5. The van der Waals surface area contributed by atoms with Gasteiger partial charge >= 0.3 is 0 Å². The summed E-state index contributed by atoms with van der Waals surface area (Å²) in [6.07, 6.45) is 5.40. The zero-order valence-corrected chi connectivity index (χ0v) is 18.2. The number of benzene rings is 2. The monoisotopic (exact) mass is 443 g/mol. The molecule has 0 saturated carbocycles. The number of carbonyl (C=O) groups is 2. The van der Waals surface area contributed by atoms with E-state index in [1.165, 1.54) is 11.3 Å². The number of thiazole rings is 1. The molecule has 7 nitrogen and oxygen atoms in total. The van der Waals surface area contributed by atoms with Crippen LogP contribution in [0.1, 0.15) is 34.5 Å². The fraction of sp³-hybridized carbons (Fsp3) is 0.167. The van der Waals surface area contributed by atoms with Crippen molar-refractivity contribution in [3.63, 3.8) is 0 Å². The number of rotatable bonds is 6. The molecule has 2 aromatic heterocycles. The number of hydrogen-bond donors (Lipinski definition) is 1. The molecule has 2 aromatic carbocycles. The van der Waals surface area contributed by atoms with Gasteiger partial charge in [-0.25, -0.2) is 4.98 Å². The van der Waals surface area contributed by atoms with Gasteiger partial charge in [-0.05, 0) is 29.7 Å². The second-order valence-corrected chi connectivity index (χ2v) is 8.42. The lowest BCUT2D eigenvalue weighted by Crippen LogP contribution is -2.37. The highest BCUT2D eigenvalue weighted by atomic mass is 32.1. The molecule has 2 amide bonds. The summed E-state index contributed by atoms with van der Waals surface area (Å²) in [5.74, 6) is -0.440. The molecule has 5 rings (SSSR count). The van der Waals surface area contributed by atoms with Gasteiger partial charge in [0.25, 0.3) is 11.8 Å². The van der Waals surface area contributed by atoms with E-state index in [1.807, 2.05) is 66.3 Å². The Morgan fingerprint density at radius 3 is 2.75 bits per heavy atom. The van der Waals surface area contributed by atoms with E-state index >= 15 is 0 Å². The number of hydrogen-bond acceptors (Lipinski definition) is 5. The van der Waals surface area contributed by atoms with E-state index < -0.39 is 6.04 Å². The maximum Gasteiger partial charge on any atom is 0.255 e. The van der Waals surface area contributed by atoms with Crippen LogP contribution in [0.2, 0.25) is 0 Å². The number of aryl methyl sites for hydroxylation is 1. The number of amides is 2. The molecule has 1 aliphatic heterocycles. The third-order valence-electron chi connectivity index (χ3n) is 5.57. The number of carbonyl (C=O) groups excluding carboxylic acids is 2. The van der Waals surface area contributed by atoms with Crippen LogP contribution < -0.4 is 5.32 Å². The minimum atomic E-state index is -0.758. The highest BCUT2D eigenvalue weighted by Crippen LogP contribution is 2.34. The van der Waals surface area contributed by atoms with Crippen molar-refractivity contribution in [3.05, 3.63) is 89.2 Å². The lowest BCUT2D eigenvalue weighted by atomic mass is 10.0. The van der Waals surface area contributed by atoms with Gasteiger partial charge in [0.2, 0.25) is 0 Å². The summed E-state index contributed by atoms with van der Waals surface area (Å²) >= 11 is 1.34. The predicted octanol–water partition coefficient (Wildman–Crippen LogP) is 4.36. The molecule has 0 saturated heterocycles. The first-order valence-electron chi connectivity index (χ1n) is 10.4. The normalized spacial score (nSPS) is 13.8. The summed E-state index contributed by atoms with van der Waals surface area (Å²) in [6, 6.07) is 14.5. The predicted molar refractivity (Wildman–Crippen MR) is 123 cm³/mol. The SMILES string of the molecule is CCn1cc(-c2ccc3c(c2)C(=O)N(C(C(=O)Nc2nccs2)c2ccccc2)C3)cn1. The van der Waals surface area contributed by atoms with Crippen molar-refractivity contribution in [1.29, 1.82) is 0 Å². The lowest BCUT2D eigenvalue weighted by Gasteiger charge is -2.27. The van der Waals surface area contributed by atoms with Gasteiger partial charge in [0, 0.05) is 42.0 Å². The Kier molecular flexibility index (Phi) is 5.28. The number of anilines is 1. The Labute approximate surface area is 189 Å². The summed E-state index contributed by atoms with van der Waals surface area (Å²) in [6.45, 7) is 3.18. The summed E-state index contributed by atoms with van der Waals surface area (Å²) in [7, 11) is 0. The van der Waals surface area contributed by atoms with Gasteiger partial charge in [-0.15, -0.1) is 11.3 Å². The fourth-order valence-electron chi connectivity index (χ4n) is 3.96. The van der Waals surface area contributed by atoms with Crippen molar-refractivity contribution < 1.29 is 9.59 Å². The summed E-state index contributed by atoms with van der Waals surface area (Å²) in [5.41, 5.74) is 4.18. The molecular weight excluding hydrogens is 422 g/mol. The first kappa shape index (κ1) is 20.1.